The van der Waals surface area contributed by atoms with Crippen molar-refractivity contribution in [3.63, 3.8) is 0 Å². The van der Waals surface area contributed by atoms with Gasteiger partial charge < -0.3 is 10.6 Å². The number of carbonyl (C=O) groups is 2. The molecule has 0 heterocycles. The van der Waals surface area contributed by atoms with Crippen LogP contribution >= 0.6 is 15.9 Å². The fourth-order valence-electron chi connectivity index (χ4n) is 5.66. The number of anilines is 1. The van der Waals surface area contributed by atoms with E-state index in [1.807, 2.05) is 25.1 Å². The van der Waals surface area contributed by atoms with Gasteiger partial charge in [0.05, 0.1) is 6.54 Å². The van der Waals surface area contributed by atoms with Crippen LogP contribution in [-0.2, 0) is 9.59 Å². The Kier molecular flexibility index (Phi) is 4.38. The summed E-state index contributed by atoms with van der Waals surface area (Å²) in [5.74, 6) is 2.14. The van der Waals surface area contributed by atoms with Gasteiger partial charge in [0, 0.05) is 15.6 Å². The maximum atomic E-state index is 12.9. The monoisotopic (exact) mass is 404 g/mol. The number of carbonyl (C=O) groups excluding carboxylic acids is 2. The number of benzene rings is 1. The maximum Gasteiger partial charge on any atom is 0.243 e. The number of halogens is 1. The molecular weight excluding hydrogens is 380 g/mol. The van der Waals surface area contributed by atoms with E-state index in [2.05, 4.69) is 26.6 Å². The summed E-state index contributed by atoms with van der Waals surface area (Å²) in [5, 5.41) is 5.79. The highest BCUT2D eigenvalue weighted by Crippen LogP contribution is 2.60. The highest BCUT2D eigenvalue weighted by molar-refractivity contribution is 9.10. The van der Waals surface area contributed by atoms with Crippen molar-refractivity contribution < 1.29 is 9.59 Å². The minimum Gasteiger partial charge on any atom is -0.347 e. The van der Waals surface area contributed by atoms with Crippen molar-refractivity contribution in [3.05, 3.63) is 28.2 Å². The van der Waals surface area contributed by atoms with Crippen LogP contribution in [0.2, 0.25) is 0 Å². The molecule has 0 unspecified atom stereocenters. The van der Waals surface area contributed by atoms with Crippen molar-refractivity contribution in [2.24, 2.45) is 23.2 Å². The molecule has 0 atom stereocenters. The summed E-state index contributed by atoms with van der Waals surface area (Å²) < 4.78 is 1.01. The predicted molar refractivity (Wildman–Crippen MR) is 101 cm³/mol. The summed E-state index contributed by atoms with van der Waals surface area (Å²) in [6.07, 6.45) is 7.02. The van der Waals surface area contributed by atoms with E-state index in [0.29, 0.717) is 0 Å². The van der Waals surface area contributed by atoms with Crippen molar-refractivity contribution in [2.75, 3.05) is 11.9 Å². The first-order chi connectivity index (χ1) is 11.9. The van der Waals surface area contributed by atoms with Gasteiger partial charge in [-0.05, 0) is 87.0 Å². The average Bonchev–Trinajstić information content (AvgIpc) is 2.55. The number of hydrogen-bond donors (Lipinski definition) is 2. The largest absolute Gasteiger partial charge is 0.347 e. The normalized spacial score (nSPS) is 32.5. The lowest BCUT2D eigenvalue weighted by Crippen LogP contribution is -2.54. The van der Waals surface area contributed by atoms with E-state index in [1.165, 1.54) is 19.3 Å². The Morgan fingerprint density at radius 3 is 2.28 bits per heavy atom. The summed E-state index contributed by atoms with van der Waals surface area (Å²) in [4.78, 5) is 25.1. The molecule has 5 heteroatoms. The fourth-order valence-corrected chi connectivity index (χ4v) is 5.91. The molecule has 4 aliphatic rings. The van der Waals surface area contributed by atoms with Crippen LogP contribution in [0.25, 0.3) is 0 Å². The molecule has 4 bridgehead atoms. The molecule has 0 spiro atoms. The number of nitrogens with one attached hydrogen (secondary N) is 2. The molecule has 4 aliphatic carbocycles. The molecule has 0 aromatic heterocycles. The summed E-state index contributed by atoms with van der Waals surface area (Å²) in [5.41, 5.74) is 1.63. The van der Waals surface area contributed by atoms with Gasteiger partial charge in [0.25, 0.3) is 0 Å². The molecule has 2 N–H and O–H groups in total. The quantitative estimate of drug-likeness (QED) is 0.795. The smallest absolute Gasteiger partial charge is 0.243 e. The highest BCUT2D eigenvalue weighted by atomic mass is 79.9. The third-order valence-corrected chi connectivity index (χ3v) is 7.26. The maximum absolute atomic E-state index is 12.9. The Hall–Kier alpha value is -1.36. The van der Waals surface area contributed by atoms with Gasteiger partial charge in [-0.1, -0.05) is 15.9 Å². The molecule has 1 aromatic rings. The predicted octanol–water partition coefficient (Wildman–Crippen LogP) is 4.03. The molecular formula is C20H25BrN2O2. The average molecular weight is 405 g/mol. The molecule has 25 heavy (non-hydrogen) atoms. The van der Waals surface area contributed by atoms with E-state index in [1.54, 1.807) is 0 Å². The molecule has 2 amide bonds. The van der Waals surface area contributed by atoms with Crippen molar-refractivity contribution in [1.29, 1.82) is 0 Å². The second-order valence-corrected chi connectivity index (χ2v) is 9.25. The molecule has 4 fully saturated rings. The van der Waals surface area contributed by atoms with E-state index in [9.17, 15) is 9.59 Å². The first-order valence-electron chi connectivity index (χ1n) is 9.28. The van der Waals surface area contributed by atoms with Crippen LogP contribution in [0.1, 0.15) is 44.1 Å². The molecule has 134 valence electrons. The summed E-state index contributed by atoms with van der Waals surface area (Å²) in [6.45, 7) is 2.03. The lowest BCUT2D eigenvalue weighted by molar-refractivity contribution is -0.146. The topological polar surface area (TPSA) is 58.2 Å². The number of aryl methyl sites for hydroxylation is 1. The van der Waals surface area contributed by atoms with Crippen LogP contribution in [0, 0.1) is 30.1 Å². The van der Waals surface area contributed by atoms with Crippen molar-refractivity contribution in [1.82, 2.24) is 5.32 Å². The molecule has 4 nitrogen and oxygen atoms in total. The Bertz CT molecular complexity index is 680. The second-order valence-electron chi connectivity index (χ2n) is 8.39. The van der Waals surface area contributed by atoms with Crippen LogP contribution in [0.4, 0.5) is 5.69 Å². The van der Waals surface area contributed by atoms with E-state index < -0.39 is 0 Å². The van der Waals surface area contributed by atoms with Gasteiger partial charge in [0.15, 0.2) is 0 Å². The zero-order valence-corrected chi connectivity index (χ0v) is 16.2. The molecule has 4 saturated carbocycles. The van der Waals surface area contributed by atoms with E-state index in [4.69, 9.17) is 0 Å². The highest BCUT2D eigenvalue weighted by Gasteiger charge is 2.54. The van der Waals surface area contributed by atoms with Crippen LogP contribution < -0.4 is 10.6 Å². The minimum atomic E-state index is -0.191. The number of amides is 2. The first-order valence-corrected chi connectivity index (χ1v) is 10.1. The van der Waals surface area contributed by atoms with Gasteiger partial charge in [-0.3, -0.25) is 9.59 Å². The molecule has 1 aromatic carbocycles. The van der Waals surface area contributed by atoms with E-state index >= 15 is 0 Å². The van der Waals surface area contributed by atoms with Gasteiger partial charge in [-0.2, -0.15) is 0 Å². The molecule has 0 saturated heterocycles. The van der Waals surface area contributed by atoms with Gasteiger partial charge >= 0.3 is 0 Å². The van der Waals surface area contributed by atoms with E-state index in [0.717, 1.165) is 52.7 Å². The van der Waals surface area contributed by atoms with E-state index in [-0.39, 0.29) is 23.8 Å². The van der Waals surface area contributed by atoms with Crippen LogP contribution in [0.5, 0.6) is 0 Å². The molecule has 5 rings (SSSR count). The number of hydrogen-bond acceptors (Lipinski definition) is 2. The van der Waals surface area contributed by atoms with Crippen molar-refractivity contribution in [2.45, 2.75) is 45.4 Å². The fraction of sp³-hybridized carbons (Fsp3) is 0.600. The zero-order chi connectivity index (χ0) is 17.6. The third kappa shape index (κ3) is 3.35. The third-order valence-electron chi connectivity index (χ3n) is 6.37. The lowest BCUT2D eigenvalue weighted by Gasteiger charge is -2.55. The summed E-state index contributed by atoms with van der Waals surface area (Å²) in [7, 11) is 0. The van der Waals surface area contributed by atoms with Crippen LogP contribution in [0.3, 0.4) is 0 Å². The Morgan fingerprint density at radius 1 is 1.12 bits per heavy atom. The Labute approximate surface area is 157 Å². The standard InChI is InChI=1S/C20H25BrN2O2/c1-12-4-16(2-3-17(12)21)23-18(24)11-22-19(25)20-8-13-5-14(9-20)7-15(6-13)10-20/h2-4,13-15H,5-11H2,1H3,(H,22,25)(H,23,24). The summed E-state index contributed by atoms with van der Waals surface area (Å²) >= 11 is 3.45. The Morgan fingerprint density at radius 2 is 1.72 bits per heavy atom. The first kappa shape index (κ1) is 17.1. The van der Waals surface area contributed by atoms with Crippen LogP contribution in [0.15, 0.2) is 22.7 Å². The van der Waals surface area contributed by atoms with Crippen molar-refractivity contribution in [3.8, 4) is 0 Å². The SMILES string of the molecule is Cc1cc(NC(=O)CNC(=O)C23CC4CC(CC(C4)C2)C3)ccc1Br. The van der Waals surface area contributed by atoms with Gasteiger partial charge in [-0.15, -0.1) is 0 Å². The van der Waals surface area contributed by atoms with Gasteiger partial charge in [-0.25, -0.2) is 0 Å². The summed E-state index contributed by atoms with van der Waals surface area (Å²) in [6, 6.07) is 5.69. The van der Waals surface area contributed by atoms with Crippen molar-refractivity contribution >= 4 is 33.4 Å². The Balaban J connectivity index is 1.34. The van der Waals surface area contributed by atoms with Crippen LogP contribution in [-0.4, -0.2) is 18.4 Å². The number of rotatable bonds is 4. The lowest BCUT2D eigenvalue weighted by atomic mass is 9.49. The molecule has 0 aliphatic heterocycles. The van der Waals surface area contributed by atoms with Gasteiger partial charge in [0.1, 0.15) is 0 Å². The minimum absolute atomic E-state index is 0.0513. The zero-order valence-electron chi connectivity index (χ0n) is 14.6. The van der Waals surface area contributed by atoms with Gasteiger partial charge in [0.2, 0.25) is 11.8 Å². The molecule has 0 radical (unpaired) electrons. The second kappa shape index (κ2) is 6.42.